The van der Waals surface area contributed by atoms with Crippen LogP contribution in [0, 0.1) is 11.3 Å². The van der Waals surface area contributed by atoms with E-state index < -0.39 is 5.97 Å². The molecule has 0 saturated heterocycles. The van der Waals surface area contributed by atoms with Crippen LogP contribution in [0.5, 0.6) is 11.5 Å². The molecule has 0 aliphatic rings. The summed E-state index contributed by atoms with van der Waals surface area (Å²) in [7, 11) is 1.55. The van der Waals surface area contributed by atoms with Gasteiger partial charge in [-0.05, 0) is 37.1 Å². The van der Waals surface area contributed by atoms with Gasteiger partial charge in [0.05, 0.1) is 20.3 Å². The molecular weight excluding hydrogens is 282 g/mol. The summed E-state index contributed by atoms with van der Waals surface area (Å²) in [4.78, 5) is 11.6. The molecule has 5 nitrogen and oxygen atoms in total. The van der Waals surface area contributed by atoms with Crippen molar-refractivity contribution < 1.29 is 19.0 Å². The lowest BCUT2D eigenvalue weighted by Crippen LogP contribution is -2.06. The van der Waals surface area contributed by atoms with Gasteiger partial charge >= 0.3 is 5.97 Å². The second-order valence-electron chi connectivity index (χ2n) is 4.50. The van der Waals surface area contributed by atoms with Crippen LogP contribution in [0.15, 0.2) is 23.8 Å². The summed E-state index contributed by atoms with van der Waals surface area (Å²) >= 11 is 0. The van der Waals surface area contributed by atoms with Crippen molar-refractivity contribution in [3.8, 4) is 17.6 Å². The third-order valence-electron chi connectivity index (χ3n) is 2.87. The van der Waals surface area contributed by atoms with Gasteiger partial charge < -0.3 is 14.2 Å². The maximum atomic E-state index is 11.6. The Morgan fingerprint density at radius 2 is 2.09 bits per heavy atom. The number of hydrogen-bond donors (Lipinski definition) is 0. The Kier molecular flexibility index (Phi) is 7.55. The van der Waals surface area contributed by atoms with Gasteiger partial charge in [-0.3, -0.25) is 0 Å². The second kappa shape index (κ2) is 9.46. The van der Waals surface area contributed by atoms with Crippen molar-refractivity contribution in [3.05, 3.63) is 29.3 Å². The molecule has 1 aromatic carbocycles. The molecule has 0 radical (unpaired) electrons. The molecule has 0 saturated carbocycles. The highest BCUT2D eigenvalue weighted by atomic mass is 16.5. The van der Waals surface area contributed by atoms with Crippen molar-refractivity contribution in [2.45, 2.75) is 26.7 Å². The quantitative estimate of drug-likeness (QED) is 0.319. The zero-order chi connectivity index (χ0) is 16.4. The van der Waals surface area contributed by atoms with E-state index in [0.29, 0.717) is 23.7 Å². The maximum Gasteiger partial charge on any atom is 0.348 e. The van der Waals surface area contributed by atoms with E-state index in [0.717, 1.165) is 12.8 Å². The lowest BCUT2D eigenvalue weighted by Gasteiger charge is -2.11. The summed E-state index contributed by atoms with van der Waals surface area (Å²) in [5.41, 5.74) is 0.618. The first-order valence-electron chi connectivity index (χ1n) is 7.26. The number of esters is 1. The van der Waals surface area contributed by atoms with Crippen molar-refractivity contribution in [2.75, 3.05) is 20.3 Å². The molecule has 1 aromatic rings. The Balaban J connectivity index is 2.97. The van der Waals surface area contributed by atoms with Gasteiger partial charge in [0.1, 0.15) is 11.6 Å². The van der Waals surface area contributed by atoms with E-state index in [1.807, 2.05) is 6.07 Å². The van der Waals surface area contributed by atoms with Crippen LogP contribution in [-0.2, 0) is 9.53 Å². The van der Waals surface area contributed by atoms with E-state index >= 15 is 0 Å². The number of rotatable bonds is 8. The minimum Gasteiger partial charge on any atom is -0.493 e. The first kappa shape index (κ1) is 17.6. The van der Waals surface area contributed by atoms with Gasteiger partial charge in [0.25, 0.3) is 0 Å². The van der Waals surface area contributed by atoms with Crippen molar-refractivity contribution >= 4 is 12.0 Å². The molecule has 0 N–H and O–H groups in total. The fourth-order valence-corrected chi connectivity index (χ4v) is 1.73. The second-order valence-corrected chi connectivity index (χ2v) is 4.50. The SMILES string of the molecule is CCCCOc1ccc(/C=C(\C#N)C(=O)OCC)cc1OC. The number of hydrogen-bond acceptors (Lipinski definition) is 5. The van der Waals surface area contributed by atoms with Crippen molar-refractivity contribution in [1.82, 2.24) is 0 Å². The standard InChI is InChI=1S/C17H21NO4/c1-4-6-9-22-15-8-7-13(11-16(15)20-3)10-14(12-18)17(19)21-5-2/h7-8,10-11H,4-6,9H2,1-3H3/b14-10+. The van der Waals surface area contributed by atoms with Crippen LogP contribution < -0.4 is 9.47 Å². The zero-order valence-corrected chi connectivity index (χ0v) is 13.2. The van der Waals surface area contributed by atoms with Crippen LogP contribution in [0.1, 0.15) is 32.3 Å². The van der Waals surface area contributed by atoms with Crippen molar-refractivity contribution in [2.24, 2.45) is 0 Å². The number of ether oxygens (including phenoxy) is 3. The van der Waals surface area contributed by atoms with Crippen LogP contribution in [0.3, 0.4) is 0 Å². The molecule has 22 heavy (non-hydrogen) atoms. The van der Waals surface area contributed by atoms with Crippen molar-refractivity contribution in [1.29, 1.82) is 5.26 Å². The number of methoxy groups -OCH3 is 1. The number of unbranched alkanes of at least 4 members (excludes halogenated alkanes) is 1. The minimum absolute atomic E-state index is 0.0523. The molecule has 0 spiro atoms. The number of carbonyl (C=O) groups is 1. The Morgan fingerprint density at radius 1 is 1.32 bits per heavy atom. The number of carbonyl (C=O) groups excluding carboxylic acids is 1. The van der Waals surface area contributed by atoms with Crippen LogP contribution in [0.25, 0.3) is 6.08 Å². The van der Waals surface area contributed by atoms with Gasteiger partial charge in [0.15, 0.2) is 11.5 Å². The number of nitrogens with zero attached hydrogens (tertiary/aromatic N) is 1. The largest absolute Gasteiger partial charge is 0.493 e. The summed E-state index contributed by atoms with van der Waals surface area (Å²) < 4.78 is 15.8. The van der Waals surface area contributed by atoms with Gasteiger partial charge in [-0.25, -0.2) is 4.79 Å². The predicted molar refractivity (Wildman–Crippen MR) is 83.6 cm³/mol. The number of benzene rings is 1. The van der Waals surface area contributed by atoms with E-state index in [-0.39, 0.29) is 12.2 Å². The van der Waals surface area contributed by atoms with Gasteiger partial charge in [0.2, 0.25) is 0 Å². The van der Waals surface area contributed by atoms with E-state index in [2.05, 4.69) is 6.92 Å². The van der Waals surface area contributed by atoms with Gasteiger partial charge in [-0.2, -0.15) is 5.26 Å². The summed E-state index contributed by atoms with van der Waals surface area (Å²) in [6.07, 6.45) is 3.48. The first-order chi connectivity index (χ1) is 10.7. The molecule has 0 unspecified atom stereocenters. The average molecular weight is 303 g/mol. The summed E-state index contributed by atoms with van der Waals surface area (Å²) in [6, 6.07) is 7.09. The fourth-order valence-electron chi connectivity index (χ4n) is 1.73. The Morgan fingerprint density at radius 3 is 2.68 bits per heavy atom. The highest BCUT2D eigenvalue weighted by molar-refractivity contribution is 5.97. The molecule has 0 aromatic heterocycles. The van der Waals surface area contributed by atoms with Crippen LogP contribution in [0.2, 0.25) is 0 Å². The molecule has 0 amide bonds. The molecular formula is C17H21NO4. The van der Waals surface area contributed by atoms with E-state index in [4.69, 9.17) is 19.5 Å². The Hall–Kier alpha value is -2.48. The molecule has 0 fully saturated rings. The maximum absolute atomic E-state index is 11.6. The zero-order valence-electron chi connectivity index (χ0n) is 13.2. The van der Waals surface area contributed by atoms with Gasteiger partial charge in [-0.15, -0.1) is 0 Å². The van der Waals surface area contributed by atoms with E-state index in [1.54, 1.807) is 32.2 Å². The van der Waals surface area contributed by atoms with Gasteiger partial charge in [0, 0.05) is 0 Å². The van der Waals surface area contributed by atoms with Crippen molar-refractivity contribution in [3.63, 3.8) is 0 Å². The number of nitriles is 1. The first-order valence-corrected chi connectivity index (χ1v) is 7.26. The Labute approximate surface area is 131 Å². The monoisotopic (exact) mass is 303 g/mol. The topological polar surface area (TPSA) is 68.5 Å². The molecule has 5 heteroatoms. The predicted octanol–water partition coefficient (Wildman–Crippen LogP) is 3.34. The Bertz CT molecular complexity index is 573. The van der Waals surface area contributed by atoms with E-state index in [9.17, 15) is 4.79 Å². The molecule has 0 aliphatic heterocycles. The molecule has 0 atom stereocenters. The lowest BCUT2D eigenvalue weighted by atomic mass is 10.1. The third kappa shape index (κ3) is 5.13. The fraction of sp³-hybridized carbons (Fsp3) is 0.412. The van der Waals surface area contributed by atoms with Crippen LogP contribution in [-0.4, -0.2) is 26.3 Å². The molecule has 0 aliphatic carbocycles. The molecule has 0 heterocycles. The molecule has 0 bridgehead atoms. The van der Waals surface area contributed by atoms with Crippen LogP contribution in [0.4, 0.5) is 0 Å². The highest BCUT2D eigenvalue weighted by Crippen LogP contribution is 2.29. The summed E-state index contributed by atoms with van der Waals surface area (Å²) in [5, 5.41) is 9.03. The molecule has 1 rings (SSSR count). The average Bonchev–Trinajstić information content (AvgIpc) is 2.53. The highest BCUT2D eigenvalue weighted by Gasteiger charge is 2.11. The summed E-state index contributed by atoms with van der Waals surface area (Å²) in [5.74, 6) is 0.570. The third-order valence-corrected chi connectivity index (χ3v) is 2.87. The van der Waals surface area contributed by atoms with E-state index in [1.165, 1.54) is 6.08 Å². The normalized spacial score (nSPS) is 10.7. The van der Waals surface area contributed by atoms with Crippen LogP contribution >= 0.6 is 0 Å². The smallest absolute Gasteiger partial charge is 0.348 e. The van der Waals surface area contributed by atoms with Gasteiger partial charge in [-0.1, -0.05) is 19.4 Å². The molecule has 118 valence electrons. The summed E-state index contributed by atoms with van der Waals surface area (Å²) in [6.45, 7) is 4.63. The minimum atomic E-state index is -0.632. The lowest BCUT2D eigenvalue weighted by molar-refractivity contribution is -0.137.